The number of fused-ring (bicyclic) bond motifs is 7. The monoisotopic (exact) mass is 446 g/mol. The van der Waals surface area contributed by atoms with Gasteiger partial charge >= 0.3 is 0 Å². The van der Waals surface area contributed by atoms with Gasteiger partial charge in [0, 0.05) is 17.2 Å². The van der Waals surface area contributed by atoms with E-state index >= 15 is 0 Å². The van der Waals surface area contributed by atoms with Gasteiger partial charge in [0.2, 0.25) is 15.9 Å². The first kappa shape index (κ1) is 20.1. The number of nitrogens with one attached hydrogen (secondary N) is 1. The van der Waals surface area contributed by atoms with Crippen molar-refractivity contribution in [1.29, 1.82) is 0 Å². The highest BCUT2D eigenvalue weighted by Gasteiger charge is 2.50. The smallest absolute Gasteiger partial charge is 0.208 e. The molecule has 0 saturated heterocycles. The van der Waals surface area contributed by atoms with Gasteiger partial charge in [-0.25, -0.2) is 26.9 Å². The highest BCUT2D eigenvalue weighted by Crippen LogP contribution is 2.47. The summed E-state index contributed by atoms with van der Waals surface area (Å²) in [4.78, 5) is 4.54. The van der Waals surface area contributed by atoms with Gasteiger partial charge in [-0.1, -0.05) is 18.2 Å². The Labute approximate surface area is 178 Å². The summed E-state index contributed by atoms with van der Waals surface area (Å²) in [7, 11) is -3.34. The normalized spacial score (nSPS) is 22.6. The number of halogens is 2. The van der Waals surface area contributed by atoms with Crippen LogP contribution in [0.15, 0.2) is 47.1 Å². The third kappa shape index (κ3) is 3.72. The van der Waals surface area contributed by atoms with Crippen LogP contribution in [-0.4, -0.2) is 25.7 Å². The van der Waals surface area contributed by atoms with E-state index < -0.39 is 27.1 Å². The molecule has 9 heteroatoms. The van der Waals surface area contributed by atoms with Crippen molar-refractivity contribution in [2.24, 2.45) is 0 Å². The molecule has 4 bridgehead atoms. The van der Waals surface area contributed by atoms with Crippen LogP contribution in [0.5, 0.6) is 5.75 Å². The first-order chi connectivity index (χ1) is 14.7. The van der Waals surface area contributed by atoms with Crippen molar-refractivity contribution in [2.45, 2.75) is 37.3 Å². The zero-order valence-electron chi connectivity index (χ0n) is 16.7. The summed E-state index contributed by atoms with van der Waals surface area (Å²) >= 11 is 0. The lowest BCUT2D eigenvalue weighted by Gasteiger charge is -2.45. The quantitative estimate of drug-likeness (QED) is 0.649. The van der Waals surface area contributed by atoms with E-state index in [4.69, 9.17) is 9.15 Å². The van der Waals surface area contributed by atoms with Crippen LogP contribution in [0.4, 0.5) is 8.78 Å². The van der Waals surface area contributed by atoms with Crippen molar-refractivity contribution in [3.63, 3.8) is 0 Å². The molecule has 0 radical (unpaired) electrons. The molecule has 3 aromatic rings. The molecule has 1 N–H and O–H groups in total. The fourth-order valence-electron chi connectivity index (χ4n) is 4.57. The summed E-state index contributed by atoms with van der Waals surface area (Å²) in [6, 6.07) is 8.87. The van der Waals surface area contributed by atoms with Crippen LogP contribution in [0.2, 0.25) is 0 Å². The molecule has 6 nitrogen and oxygen atoms in total. The number of para-hydroxylation sites is 1. The van der Waals surface area contributed by atoms with Crippen LogP contribution in [0.1, 0.15) is 30.0 Å². The lowest BCUT2D eigenvalue weighted by Crippen LogP contribution is -2.54. The SMILES string of the molecule is CS(=O)(=O)NC1CC2(Cc3ccc(F)c(c3)-c3cccc(F)c3OCc3coc2n3)C1. The van der Waals surface area contributed by atoms with Gasteiger partial charge in [0.05, 0.1) is 11.7 Å². The second-order valence-corrected chi connectivity index (χ2v) is 10.1. The minimum Gasteiger partial charge on any atom is -0.483 e. The molecule has 162 valence electrons. The molecule has 1 aromatic heterocycles. The van der Waals surface area contributed by atoms with Gasteiger partial charge in [0.15, 0.2) is 11.6 Å². The Morgan fingerprint density at radius 3 is 2.71 bits per heavy atom. The fraction of sp³-hybridized carbons (Fsp3) is 0.318. The van der Waals surface area contributed by atoms with E-state index in [-0.39, 0.29) is 24.0 Å². The zero-order chi connectivity index (χ0) is 21.8. The molecular formula is C22H20F2N2O4S. The minimum atomic E-state index is -3.34. The number of hydrogen-bond donors (Lipinski definition) is 1. The molecule has 1 spiro atoms. The Balaban J connectivity index is 1.60. The number of aromatic nitrogens is 1. The highest BCUT2D eigenvalue weighted by atomic mass is 32.2. The topological polar surface area (TPSA) is 81.4 Å². The minimum absolute atomic E-state index is 0.0418. The number of oxazole rings is 1. The van der Waals surface area contributed by atoms with Gasteiger partial charge in [-0.2, -0.15) is 0 Å². The van der Waals surface area contributed by atoms with E-state index in [0.29, 0.717) is 36.4 Å². The van der Waals surface area contributed by atoms with Gasteiger partial charge in [-0.15, -0.1) is 0 Å². The molecule has 0 atom stereocenters. The van der Waals surface area contributed by atoms with Gasteiger partial charge in [0.1, 0.15) is 24.4 Å². The number of nitrogens with zero attached hydrogens (tertiary/aromatic N) is 1. The van der Waals surface area contributed by atoms with Crippen molar-refractivity contribution in [3.8, 4) is 16.9 Å². The maximum absolute atomic E-state index is 14.7. The molecule has 1 aliphatic carbocycles. The Morgan fingerprint density at radius 2 is 1.94 bits per heavy atom. The maximum Gasteiger partial charge on any atom is 0.208 e. The Morgan fingerprint density at radius 1 is 1.13 bits per heavy atom. The van der Waals surface area contributed by atoms with Crippen molar-refractivity contribution < 1.29 is 26.4 Å². The summed E-state index contributed by atoms with van der Waals surface area (Å²) in [5.41, 5.74) is 1.33. The van der Waals surface area contributed by atoms with E-state index in [0.717, 1.165) is 11.8 Å². The van der Waals surface area contributed by atoms with E-state index in [9.17, 15) is 17.2 Å². The average molecular weight is 446 g/mol. The lowest BCUT2D eigenvalue weighted by atomic mass is 9.62. The Kier molecular flexibility index (Phi) is 4.63. The van der Waals surface area contributed by atoms with Gasteiger partial charge in [0.25, 0.3) is 0 Å². The summed E-state index contributed by atoms with van der Waals surface area (Å²) in [5.74, 6) is -0.642. The molecule has 0 amide bonds. The molecule has 31 heavy (non-hydrogen) atoms. The van der Waals surface area contributed by atoms with Crippen molar-refractivity contribution in [2.75, 3.05) is 6.26 Å². The molecule has 1 saturated carbocycles. The fourth-order valence-corrected chi connectivity index (χ4v) is 5.35. The lowest BCUT2D eigenvalue weighted by molar-refractivity contribution is 0.149. The number of ether oxygens (including phenoxy) is 1. The number of benzene rings is 2. The van der Waals surface area contributed by atoms with Crippen LogP contribution in [0.25, 0.3) is 11.1 Å². The molecule has 5 rings (SSSR count). The second-order valence-electron chi connectivity index (χ2n) is 8.32. The summed E-state index contributed by atoms with van der Waals surface area (Å²) in [6.45, 7) is -0.0418. The predicted molar refractivity (Wildman–Crippen MR) is 109 cm³/mol. The third-order valence-corrected chi connectivity index (χ3v) is 6.62. The Bertz CT molecular complexity index is 1270. The molecule has 1 fully saturated rings. The molecular weight excluding hydrogens is 426 g/mol. The van der Waals surface area contributed by atoms with Gasteiger partial charge in [-0.05, 0) is 43.0 Å². The number of sulfonamides is 1. The predicted octanol–water partition coefficient (Wildman–Crippen LogP) is 3.70. The largest absolute Gasteiger partial charge is 0.483 e. The van der Waals surface area contributed by atoms with Crippen molar-refractivity contribution >= 4 is 10.0 Å². The van der Waals surface area contributed by atoms with Crippen molar-refractivity contribution in [1.82, 2.24) is 9.71 Å². The van der Waals surface area contributed by atoms with E-state index in [1.165, 1.54) is 24.5 Å². The zero-order valence-corrected chi connectivity index (χ0v) is 17.5. The average Bonchev–Trinajstić information content (AvgIpc) is 3.14. The first-order valence-electron chi connectivity index (χ1n) is 9.85. The van der Waals surface area contributed by atoms with Crippen LogP contribution >= 0.6 is 0 Å². The molecule has 0 unspecified atom stereocenters. The molecule has 2 aliphatic rings. The van der Waals surface area contributed by atoms with Gasteiger partial charge < -0.3 is 9.15 Å². The van der Waals surface area contributed by atoms with Gasteiger partial charge in [-0.3, -0.25) is 0 Å². The second kappa shape index (κ2) is 7.13. The van der Waals surface area contributed by atoms with Crippen LogP contribution < -0.4 is 9.46 Å². The third-order valence-electron chi connectivity index (χ3n) is 5.86. The van der Waals surface area contributed by atoms with Crippen LogP contribution in [-0.2, 0) is 28.5 Å². The standard InChI is InChI=1S/C22H20F2N2O4S/c1-31(27,28)26-14-9-22(10-14)8-13-5-6-18(23)17(7-13)16-3-2-4-19(24)20(16)29-11-15-12-30-21(22)25-15/h2-7,12,14,26H,8-11H2,1H3. The molecule has 1 aliphatic heterocycles. The number of rotatable bonds is 2. The van der Waals surface area contributed by atoms with Crippen LogP contribution in [0.3, 0.4) is 0 Å². The van der Waals surface area contributed by atoms with E-state index in [1.807, 2.05) is 0 Å². The van der Waals surface area contributed by atoms with E-state index in [1.54, 1.807) is 18.2 Å². The summed E-state index contributed by atoms with van der Waals surface area (Å²) < 4.78 is 66.5. The summed E-state index contributed by atoms with van der Waals surface area (Å²) in [6.07, 6.45) is 4.07. The van der Waals surface area contributed by atoms with Crippen molar-refractivity contribution in [3.05, 3.63) is 71.4 Å². The van der Waals surface area contributed by atoms with Crippen LogP contribution in [0, 0.1) is 11.6 Å². The Hall–Kier alpha value is -2.78. The first-order valence-corrected chi connectivity index (χ1v) is 11.7. The molecule has 2 heterocycles. The summed E-state index contributed by atoms with van der Waals surface area (Å²) in [5, 5.41) is 0. The number of hydrogen-bond acceptors (Lipinski definition) is 5. The molecule has 2 aromatic carbocycles. The maximum atomic E-state index is 14.7. The highest BCUT2D eigenvalue weighted by molar-refractivity contribution is 7.88. The van der Waals surface area contributed by atoms with E-state index in [2.05, 4.69) is 9.71 Å².